The van der Waals surface area contributed by atoms with Crippen molar-refractivity contribution in [2.24, 2.45) is 0 Å². The Balaban J connectivity index is 1.89. The molecule has 3 rings (SSSR count). The van der Waals surface area contributed by atoms with Crippen LogP contribution in [0.25, 0.3) is 5.57 Å². The van der Waals surface area contributed by atoms with Gasteiger partial charge in [-0.3, -0.25) is 5.01 Å². The average Bonchev–Trinajstić information content (AvgIpc) is 2.89. The van der Waals surface area contributed by atoms with E-state index in [1.807, 2.05) is 24.3 Å². The molecule has 114 valence electrons. The van der Waals surface area contributed by atoms with E-state index in [-0.39, 0.29) is 0 Å². The summed E-state index contributed by atoms with van der Waals surface area (Å²) in [5, 5.41) is 2.85. The number of anilines is 2. The highest BCUT2D eigenvalue weighted by Gasteiger charge is 2.22. The number of para-hydroxylation sites is 1. The molecule has 22 heavy (non-hydrogen) atoms. The molecule has 0 aliphatic carbocycles. The maximum absolute atomic E-state index is 6.31. The number of rotatable bonds is 3. The molecule has 0 saturated carbocycles. The van der Waals surface area contributed by atoms with Gasteiger partial charge in [0, 0.05) is 31.1 Å². The molecule has 0 radical (unpaired) electrons. The fraction of sp³-hybridized carbons (Fsp3) is 0.222. The van der Waals surface area contributed by atoms with E-state index in [9.17, 15) is 0 Å². The Hall–Kier alpha value is -2.13. The van der Waals surface area contributed by atoms with E-state index in [2.05, 4.69) is 60.6 Å². The Bertz CT molecular complexity index is 722. The molecule has 0 spiro atoms. The van der Waals surface area contributed by atoms with Gasteiger partial charge in [0.1, 0.15) is 0 Å². The highest BCUT2D eigenvalue weighted by atomic mass is 35.5. The van der Waals surface area contributed by atoms with Crippen LogP contribution < -0.4 is 15.3 Å². The number of hydrazine groups is 1. The Labute approximate surface area is 136 Å². The molecule has 0 fully saturated rings. The van der Waals surface area contributed by atoms with Crippen molar-refractivity contribution in [3.05, 3.63) is 64.8 Å². The van der Waals surface area contributed by atoms with Gasteiger partial charge in [-0.2, -0.15) is 0 Å². The third kappa shape index (κ3) is 2.77. The largest absolute Gasteiger partial charge is 0.378 e. The van der Waals surface area contributed by atoms with Crippen LogP contribution in [0.2, 0.25) is 5.02 Å². The van der Waals surface area contributed by atoms with Gasteiger partial charge in [-0.1, -0.05) is 35.9 Å². The van der Waals surface area contributed by atoms with Gasteiger partial charge in [0.25, 0.3) is 0 Å². The zero-order chi connectivity index (χ0) is 15.7. The Morgan fingerprint density at radius 3 is 2.59 bits per heavy atom. The molecule has 1 aliphatic heterocycles. The lowest BCUT2D eigenvalue weighted by molar-refractivity contribution is 0.806. The average molecular weight is 314 g/mol. The quantitative estimate of drug-likeness (QED) is 0.918. The molecule has 2 aromatic carbocycles. The van der Waals surface area contributed by atoms with Gasteiger partial charge in [0.15, 0.2) is 0 Å². The summed E-state index contributed by atoms with van der Waals surface area (Å²) in [6.45, 7) is 2.90. The smallest absolute Gasteiger partial charge is 0.0762 e. The molecule has 0 aromatic heterocycles. The molecular weight excluding hydrogens is 294 g/mol. The summed E-state index contributed by atoms with van der Waals surface area (Å²) in [4.78, 5) is 2.12. The number of benzene rings is 2. The number of nitrogens with one attached hydrogen (secondary N) is 1. The zero-order valence-corrected chi connectivity index (χ0v) is 13.9. The van der Waals surface area contributed by atoms with E-state index in [0.717, 1.165) is 23.0 Å². The summed E-state index contributed by atoms with van der Waals surface area (Å²) in [5.74, 6) is 0. The number of allylic oxidation sites excluding steroid dienone is 1. The van der Waals surface area contributed by atoms with E-state index in [0.29, 0.717) is 0 Å². The fourth-order valence-electron chi connectivity index (χ4n) is 2.68. The first kappa shape index (κ1) is 14.8. The molecule has 4 heteroatoms. The van der Waals surface area contributed by atoms with Crippen molar-refractivity contribution >= 4 is 28.5 Å². The normalized spacial score (nSPS) is 14.3. The van der Waals surface area contributed by atoms with Gasteiger partial charge >= 0.3 is 0 Å². The van der Waals surface area contributed by atoms with Gasteiger partial charge in [-0.25, -0.2) is 0 Å². The minimum atomic E-state index is 0.756. The van der Waals surface area contributed by atoms with E-state index < -0.39 is 0 Å². The maximum atomic E-state index is 6.31. The third-order valence-corrected chi connectivity index (χ3v) is 4.25. The molecule has 0 bridgehead atoms. The molecule has 1 heterocycles. The standard InChI is InChI=1S/C18H20ClN3/c1-13-16(14-7-6-8-15(11-14)21(2)3)12-22(20-13)18-10-5-4-9-17(18)19/h4-11,20H,12H2,1-3H3. The van der Waals surface area contributed by atoms with Crippen LogP contribution in [-0.2, 0) is 0 Å². The second kappa shape index (κ2) is 5.93. The molecule has 1 N–H and O–H groups in total. The van der Waals surface area contributed by atoms with Crippen LogP contribution in [0.3, 0.4) is 0 Å². The second-order valence-corrected chi connectivity index (χ2v) is 6.10. The van der Waals surface area contributed by atoms with Crippen molar-refractivity contribution in [3.63, 3.8) is 0 Å². The molecule has 0 amide bonds. The lowest BCUT2D eigenvalue weighted by Gasteiger charge is -2.21. The van der Waals surface area contributed by atoms with Crippen molar-refractivity contribution < 1.29 is 0 Å². The van der Waals surface area contributed by atoms with Crippen molar-refractivity contribution in [1.29, 1.82) is 0 Å². The molecular formula is C18H20ClN3. The molecule has 0 unspecified atom stereocenters. The highest BCUT2D eigenvalue weighted by molar-refractivity contribution is 6.33. The summed E-state index contributed by atoms with van der Waals surface area (Å²) in [6.07, 6.45) is 0. The molecule has 1 aliphatic rings. The summed E-state index contributed by atoms with van der Waals surface area (Å²) < 4.78 is 0. The van der Waals surface area contributed by atoms with Crippen LogP contribution >= 0.6 is 11.6 Å². The monoisotopic (exact) mass is 313 g/mol. The zero-order valence-electron chi connectivity index (χ0n) is 13.1. The maximum Gasteiger partial charge on any atom is 0.0762 e. The fourth-order valence-corrected chi connectivity index (χ4v) is 2.92. The molecule has 2 aromatic rings. The first-order valence-corrected chi connectivity index (χ1v) is 7.70. The predicted octanol–water partition coefficient (Wildman–Crippen LogP) is 4.16. The third-order valence-electron chi connectivity index (χ3n) is 3.93. The SMILES string of the molecule is CC1=C(c2cccc(N(C)C)c2)CN(c2ccccc2Cl)N1. The minimum Gasteiger partial charge on any atom is -0.378 e. The molecule has 0 atom stereocenters. The Morgan fingerprint density at radius 1 is 1.09 bits per heavy atom. The molecule has 3 nitrogen and oxygen atoms in total. The van der Waals surface area contributed by atoms with Crippen molar-refractivity contribution in [1.82, 2.24) is 5.43 Å². The summed E-state index contributed by atoms with van der Waals surface area (Å²) in [5.41, 5.74) is 9.33. The number of halogens is 1. The van der Waals surface area contributed by atoms with E-state index in [1.165, 1.54) is 16.8 Å². The highest BCUT2D eigenvalue weighted by Crippen LogP contribution is 2.32. The van der Waals surface area contributed by atoms with Crippen LogP contribution in [0.4, 0.5) is 11.4 Å². The predicted molar refractivity (Wildman–Crippen MR) is 95.3 cm³/mol. The van der Waals surface area contributed by atoms with Gasteiger partial charge in [-0.15, -0.1) is 0 Å². The van der Waals surface area contributed by atoms with Crippen molar-refractivity contribution in [2.75, 3.05) is 30.5 Å². The van der Waals surface area contributed by atoms with Crippen molar-refractivity contribution in [2.45, 2.75) is 6.92 Å². The number of hydrogen-bond acceptors (Lipinski definition) is 3. The second-order valence-electron chi connectivity index (χ2n) is 5.70. The summed E-state index contributed by atoms with van der Waals surface area (Å²) >= 11 is 6.31. The van der Waals surface area contributed by atoms with E-state index >= 15 is 0 Å². The van der Waals surface area contributed by atoms with Crippen LogP contribution in [0.1, 0.15) is 12.5 Å². The van der Waals surface area contributed by atoms with Gasteiger partial charge < -0.3 is 10.3 Å². The lowest BCUT2D eigenvalue weighted by Crippen LogP contribution is -2.31. The number of nitrogens with zero attached hydrogens (tertiary/aromatic N) is 2. The Kier molecular flexibility index (Phi) is 3.99. The van der Waals surface area contributed by atoms with Crippen LogP contribution in [0.5, 0.6) is 0 Å². The van der Waals surface area contributed by atoms with Crippen LogP contribution in [0, 0.1) is 0 Å². The minimum absolute atomic E-state index is 0.756. The molecule has 0 saturated heterocycles. The van der Waals surface area contributed by atoms with Gasteiger partial charge in [0.05, 0.1) is 17.3 Å². The van der Waals surface area contributed by atoms with Crippen LogP contribution in [-0.4, -0.2) is 20.6 Å². The van der Waals surface area contributed by atoms with E-state index in [1.54, 1.807) is 0 Å². The summed E-state index contributed by atoms with van der Waals surface area (Å²) in [7, 11) is 4.12. The topological polar surface area (TPSA) is 18.5 Å². The lowest BCUT2D eigenvalue weighted by atomic mass is 10.0. The van der Waals surface area contributed by atoms with E-state index in [4.69, 9.17) is 11.6 Å². The van der Waals surface area contributed by atoms with Gasteiger partial charge in [0.2, 0.25) is 0 Å². The van der Waals surface area contributed by atoms with Crippen LogP contribution in [0.15, 0.2) is 54.2 Å². The first-order valence-electron chi connectivity index (χ1n) is 7.32. The Morgan fingerprint density at radius 2 is 1.86 bits per heavy atom. The van der Waals surface area contributed by atoms with Gasteiger partial charge in [-0.05, 0) is 36.8 Å². The summed E-state index contributed by atoms with van der Waals surface area (Å²) in [6, 6.07) is 16.5. The number of hydrogen-bond donors (Lipinski definition) is 1. The first-order chi connectivity index (χ1) is 10.6. The van der Waals surface area contributed by atoms with Crippen molar-refractivity contribution in [3.8, 4) is 0 Å².